The van der Waals surface area contributed by atoms with Crippen LogP contribution in [0.3, 0.4) is 0 Å². The molecule has 0 radical (unpaired) electrons. The number of hydrogen-bond donors (Lipinski definition) is 1. The van der Waals surface area contributed by atoms with Crippen LogP contribution in [0.25, 0.3) is 0 Å². The fourth-order valence-corrected chi connectivity index (χ4v) is 4.90. The molecule has 0 aliphatic rings. The summed E-state index contributed by atoms with van der Waals surface area (Å²) in [6, 6.07) is 5.30. The van der Waals surface area contributed by atoms with E-state index in [1.165, 1.54) is 19.1 Å². The molecule has 20 heavy (non-hydrogen) atoms. The molecule has 2 rings (SSSR count). The highest BCUT2D eigenvalue weighted by Crippen LogP contribution is 2.27. The van der Waals surface area contributed by atoms with E-state index < -0.39 is 27.7 Å². The summed E-state index contributed by atoms with van der Waals surface area (Å²) in [6.45, 7) is 1.50. The van der Waals surface area contributed by atoms with E-state index in [2.05, 4.69) is 20.7 Å². The zero-order valence-electron chi connectivity index (χ0n) is 10.2. The third kappa shape index (κ3) is 3.43. The number of hydrogen-bond acceptors (Lipinski definition) is 3. The van der Waals surface area contributed by atoms with Crippen molar-refractivity contribution in [3.8, 4) is 0 Å². The third-order valence-electron chi connectivity index (χ3n) is 2.57. The Morgan fingerprint density at radius 1 is 1.25 bits per heavy atom. The number of nitrogens with one attached hydrogen (secondary N) is 1. The van der Waals surface area contributed by atoms with Crippen molar-refractivity contribution >= 4 is 37.3 Å². The van der Waals surface area contributed by atoms with Crippen LogP contribution in [0.2, 0.25) is 0 Å². The van der Waals surface area contributed by atoms with E-state index in [1.54, 1.807) is 6.07 Å². The maximum absolute atomic E-state index is 13.6. The lowest BCUT2D eigenvalue weighted by Crippen LogP contribution is -2.26. The van der Waals surface area contributed by atoms with E-state index in [1.807, 2.05) is 0 Å². The maximum atomic E-state index is 13.6. The van der Waals surface area contributed by atoms with Gasteiger partial charge in [0.05, 0.1) is 3.79 Å². The molecule has 0 aliphatic heterocycles. The second-order valence-corrected chi connectivity index (χ2v) is 8.47. The molecule has 0 spiro atoms. The summed E-state index contributed by atoms with van der Waals surface area (Å²) >= 11 is 4.23. The fourth-order valence-electron chi connectivity index (χ4n) is 1.65. The van der Waals surface area contributed by atoms with Gasteiger partial charge in [-0.2, -0.15) is 0 Å². The summed E-state index contributed by atoms with van der Waals surface area (Å²) in [4.78, 5) is 0. The standard InChI is InChI=1S/C12H10BrF2NO2S2/c1-7(9-3-2-8(14)6-10(9)15)16-20(17,18)12-5-4-11(13)19-12/h2-7,16H,1H3. The molecule has 1 aromatic carbocycles. The van der Waals surface area contributed by atoms with Crippen LogP contribution in [-0.2, 0) is 10.0 Å². The van der Waals surface area contributed by atoms with Crippen molar-refractivity contribution in [1.29, 1.82) is 0 Å². The normalized spacial score (nSPS) is 13.4. The molecule has 0 saturated heterocycles. The number of rotatable bonds is 4. The monoisotopic (exact) mass is 381 g/mol. The van der Waals surface area contributed by atoms with Crippen LogP contribution in [0, 0.1) is 11.6 Å². The highest BCUT2D eigenvalue weighted by molar-refractivity contribution is 9.11. The molecule has 1 unspecified atom stereocenters. The molecule has 1 aromatic heterocycles. The van der Waals surface area contributed by atoms with Gasteiger partial charge in [0, 0.05) is 17.7 Å². The molecule has 8 heteroatoms. The molecule has 1 heterocycles. The molecule has 0 saturated carbocycles. The largest absolute Gasteiger partial charge is 0.250 e. The van der Waals surface area contributed by atoms with Crippen molar-refractivity contribution in [2.75, 3.05) is 0 Å². The van der Waals surface area contributed by atoms with E-state index in [9.17, 15) is 17.2 Å². The molecule has 2 aromatic rings. The summed E-state index contributed by atoms with van der Waals surface area (Å²) in [7, 11) is -3.74. The Balaban J connectivity index is 2.25. The second kappa shape index (κ2) is 5.88. The van der Waals surface area contributed by atoms with Crippen molar-refractivity contribution in [2.45, 2.75) is 17.2 Å². The summed E-state index contributed by atoms with van der Waals surface area (Å²) in [5.41, 5.74) is 0.0885. The van der Waals surface area contributed by atoms with Crippen LogP contribution >= 0.6 is 27.3 Å². The van der Waals surface area contributed by atoms with Gasteiger partial charge >= 0.3 is 0 Å². The first-order valence-corrected chi connectivity index (χ1v) is 8.61. The Morgan fingerprint density at radius 3 is 2.50 bits per heavy atom. The van der Waals surface area contributed by atoms with E-state index >= 15 is 0 Å². The van der Waals surface area contributed by atoms with Crippen molar-refractivity contribution in [1.82, 2.24) is 4.72 Å². The third-order valence-corrected chi connectivity index (χ3v) is 6.23. The summed E-state index contributed by atoms with van der Waals surface area (Å²) in [6.07, 6.45) is 0. The topological polar surface area (TPSA) is 46.2 Å². The van der Waals surface area contributed by atoms with Gasteiger partial charge in [-0.25, -0.2) is 21.9 Å². The smallest absolute Gasteiger partial charge is 0.207 e. The van der Waals surface area contributed by atoms with Gasteiger partial charge in [-0.05, 0) is 41.1 Å². The van der Waals surface area contributed by atoms with Gasteiger partial charge in [-0.15, -0.1) is 11.3 Å². The van der Waals surface area contributed by atoms with Crippen LogP contribution in [-0.4, -0.2) is 8.42 Å². The zero-order valence-corrected chi connectivity index (χ0v) is 13.4. The molecular formula is C12H10BrF2NO2S2. The molecule has 3 nitrogen and oxygen atoms in total. The summed E-state index contributed by atoms with van der Waals surface area (Å²) in [5.74, 6) is -1.49. The van der Waals surface area contributed by atoms with Crippen LogP contribution in [0.1, 0.15) is 18.5 Å². The molecular weight excluding hydrogens is 372 g/mol. The Labute approximate surface area is 127 Å². The van der Waals surface area contributed by atoms with Crippen molar-refractivity contribution in [3.63, 3.8) is 0 Å². The van der Waals surface area contributed by atoms with Crippen LogP contribution < -0.4 is 4.72 Å². The van der Waals surface area contributed by atoms with E-state index in [0.717, 1.165) is 23.5 Å². The predicted octanol–water partition coefficient (Wildman–Crippen LogP) is 3.83. The average Bonchev–Trinajstić information content (AvgIpc) is 2.75. The SMILES string of the molecule is CC(NS(=O)(=O)c1ccc(Br)s1)c1ccc(F)cc1F. The molecule has 0 fully saturated rings. The first-order chi connectivity index (χ1) is 9.29. The number of sulfonamides is 1. The number of thiophene rings is 1. The highest BCUT2D eigenvalue weighted by Gasteiger charge is 2.22. The maximum Gasteiger partial charge on any atom is 0.250 e. The van der Waals surface area contributed by atoms with Gasteiger partial charge in [-0.1, -0.05) is 6.07 Å². The van der Waals surface area contributed by atoms with Crippen LogP contribution in [0.15, 0.2) is 38.3 Å². The Kier molecular flexibility index (Phi) is 4.58. The molecule has 1 atom stereocenters. The zero-order chi connectivity index (χ0) is 14.9. The molecule has 108 valence electrons. The first kappa shape index (κ1) is 15.6. The van der Waals surface area contributed by atoms with Gasteiger partial charge in [-0.3, -0.25) is 0 Å². The van der Waals surface area contributed by atoms with Gasteiger partial charge in [0.25, 0.3) is 10.0 Å². The van der Waals surface area contributed by atoms with Crippen molar-refractivity contribution in [2.24, 2.45) is 0 Å². The number of benzene rings is 1. The lowest BCUT2D eigenvalue weighted by atomic mass is 10.1. The van der Waals surface area contributed by atoms with E-state index in [4.69, 9.17) is 0 Å². The molecule has 0 aliphatic carbocycles. The molecule has 1 N–H and O–H groups in total. The highest BCUT2D eigenvalue weighted by atomic mass is 79.9. The van der Waals surface area contributed by atoms with Gasteiger partial charge < -0.3 is 0 Å². The van der Waals surface area contributed by atoms with Crippen LogP contribution in [0.5, 0.6) is 0 Å². The quantitative estimate of drug-likeness (QED) is 0.874. The van der Waals surface area contributed by atoms with Crippen molar-refractivity contribution in [3.05, 3.63) is 51.3 Å². The summed E-state index contributed by atoms with van der Waals surface area (Å²) in [5, 5.41) is 0. The lowest BCUT2D eigenvalue weighted by Gasteiger charge is -2.14. The molecule has 0 amide bonds. The van der Waals surface area contributed by atoms with Gasteiger partial charge in [0.15, 0.2) is 0 Å². The Hall–Kier alpha value is -0.830. The minimum Gasteiger partial charge on any atom is -0.207 e. The van der Waals surface area contributed by atoms with Gasteiger partial charge in [0.1, 0.15) is 15.8 Å². The first-order valence-electron chi connectivity index (χ1n) is 5.52. The van der Waals surface area contributed by atoms with E-state index in [-0.39, 0.29) is 9.77 Å². The van der Waals surface area contributed by atoms with Crippen LogP contribution in [0.4, 0.5) is 8.78 Å². The summed E-state index contributed by atoms with van der Waals surface area (Å²) < 4.78 is 53.8. The van der Waals surface area contributed by atoms with E-state index in [0.29, 0.717) is 3.79 Å². The Morgan fingerprint density at radius 2 is 1.95 bits per heavy atom. The second-order valence-electron chi connectivity index (χ2n) is 4.07. The average molecular weight is 382 g/mol. The minimum absolute atomic E-state index is 0.0885. The minimum atomic E-state index is -3.74. The van der Waals surface area contributed by atoms with Gasteiger partial charge in [0.2, 0.25) is 0 Å². The number of halogens is 3. The lowest BCUT2D eigenvalue weighted by molar-refractivity contribution is 0.541. The Bertz CT molecular complexity index is 731. The molecule has 0 bridgehead atoms. The predicted molar refractivity (Wildman–Crippen MR) is 77.1 cm³/mol. The fraction of sp³-hybridized carbons (Fsp3) is 0.167. The van der Waals surface area contributed by atoms with Crippen molar-refractivity contribution < 1.29 is 17.2 Å².